The number of ether oxygens (including phenoxy) is 1. The first-order chi connectivity index (χ1) is 11.1. The maximum atomic E-state index is 12.0. The van der Waals surface area contributed by atoms with Crippen molar-refractivity contribution >= 4 is 17.3 Å². The summed E-state index contributed by atoms with van der Waals surface area (Å²) in [4.78, 5) is 12.0. The van der Waals surface area contributed by atoms with E-state index < -0.39 is 0 Å². The zero-order valence-corrected chi connectivity index (χ0v) is 13.5. The Kier molecular flexibility index (Phi) is 6.00. The second-order valence-corrected chi connectivity index (χ2v) is 5.33. The van der Waals surface area contributed by atoms with Gasteiger partial charge in [0.15, 0.2) is 0 Å². The third kappa shape index (κ3) is 4.72. The van der Waals surface area contributed by atoms with Gasteiger partial charge in [0.05, 0.1) is 18.0 Å². The third-order valence-electron chi connectivity index (χ3n) is 3.58. The first-order valence-electron chi connectivity index (χ1n) is 7.60. The normalized spacial score (nSPS) is 11.7. The molecule has 4 N–H and O–H groups in total. The molecule has 122 valence electrons. The van der Waals surface area contributed by atoms with Crippen LogP contribution in [0.4, 0.5) is 11.4 Å². The molecule has 0 saturated carbocycles. The van der Waals surface area contributed by atoms with Crippen molar-refractivity contribution in [1.82, 2.24) is 5.32 Å². The lowest BCUT2D eigenvalue weighted by molar-refractivity contribution is 0.0937. The molecule has 2 aromatic rings. The molecule has 2 rings (SSSR count). The standard InChI is InChI=1S/C18H23N3O2/c1-13(14-6-4-3-5-7-14)21-17-9-8-15(12-16(17)19)18(22)20-10-11-23-2/h3-9,12-13,21H,10-11,19H2,1-2H3,(H,20,22). The van der Waals surface area contributed by atoms with E-state index in [1.807, 2.05) is 24.3 Å². The van der Waals surface area contributed by atoms with E-state index in [1.54, 1.807) is 19.2 Å². The Hall–Kier alpha value is -2.53. The van der Waals surface area contributed by atoms with Gasteiger partial charge in [-0.25, -0.2) is 0 Å². The summed E-state index contributed by atoms with van der Waals surface area (Å²) in [6, 6.07) is 15.5. The van der Waals surface area contributed by atoms with Gasteiger partial charge in [0.25, 0.3) is 5.91 Å². The van der Waals surface area contributed by atoms with Gasteiger partial charge < -0.3 is 21.1 Å². The molecular formula is C18H23N3O2. The number of anilines is 2. The number of rotatable bonds is 7. The van der Waals surface area contributed by atoms with Crippen LogP contribution in [0.25, 0.3) is 0 Å². The molecule has 2 aromatic carbocycles. The SMILES string of the molecule is COCCNC(=O)c1ccc(NC(C)c2ccccc2)c(N)c1. The molecule has 0 fully saturated rings. The highest BCUT2D eigenvalue weighted by molar-refractivity contribution is 5.96. The molecule has 0 aliphatic carbocycles. The lowest BCUT2D eigenvalue weighted by Gasteiger charge is -2.17. The van der Waals surface area contributed by atoms with Gasteiger partial charge in [-0.2, -0.15) is 0 Å². The lowest BCUT2D eigenvalue weighted by atomic mass is 10.1. The molecule has 0 saturated heterocycles. The maximum absolute atomic E-state index is 12.0. The number of hydrogen-bond acceptors (Lipinski definition) is 4. The van der Waals surface area contributed by atoms with E-state index in [4.69, 9.17) is 10.5 Å². The van der Waals surface area contributed by atoms with Crippen molar-refractivity contribution in [2.75, 3.05) is 31.3 Å². The molecule has 1 atom stereocenters. The van der Waals surface area contributed by atoms with E-state index >= 15 is 0 Å². The number of nitrogens with two attached hydrogens (primary N) is 1. The fraction of sp³-hybridized carbons (Fsp3) is 0.278. The number of amides is 1. The summed E-state index contributed by atoms with van der Waals surface area (Å²) in [6.07, 6.45) is 0. The smallest absolute Gasteiger partial charge is 0.251 e. The number of benzene rings is 2. The molecule has 0 bridgehead atoms. The van der Waals surface area contributed by atoms with Crippen molar-refractivity contribution in [3.63, 3.8) is 0 Å². The van der Waals surface area contributed by atoms with Gasteiger partial charge in [-0.05, 0) is 30.7 Å². The van der Waals surface area contributed by atoms with Gasteiger partial charge in [-0.15, -0.1) is 0 Å². The Morgan fingerprint density at radius 1 is 1.22 bits per heavy atom. The lowest BCUT2D eigenvalue weighted by Crippen LogP contribution is -2.27. The van der Waals surface area contributed by atoms with Crippen LogP contribution in [-0.2, 0) is 4.74 Å². The Bertz CT molecular complexity index is 644. The van der Waals surface area contributed by atoms with Crippen LogP contribution in [0, 0.1) is 0 Å². The molecule has 1 unspecified atom stereocenters. The van der Waals surface area contributed by atoms with E-state index in [1.165, 1.54) is 5.56 Å². The quantitative estimate of drug-likeness (QED) is 0.543. The van der Waals surface area contributed by atoms with Crippen LogP contribution in [0.2, 0.25) is 0 Å². The van der Waals surface area contributed by atoms with Gasteiger partial charge >= 0.3 is 0 Å². The zero-order valence-electron chi connectivity index (χ0n) is 13.5. The van der Waals surface area contributed by atoms with E-state index in [-0.39, 0.29) is 11.9 Å². The Morgan fingerprint density at radius 3 is 2.61 bits per heavy atom. The molecule has 0 heterocycles. The summed E-state index contributed by atoms with van der Waals surface area (Å²) in [5, 5.41) is 6.14. The van der Waals surface area contributed by atoms with E-state index in [9.17, 15) is 4.79 Å². The predicted octanol–water partition coefficient (Wildman–Crippen LogP) is 2.82. The molecule has 23 heavy (non-hydrogen) atoms. The molecular weight excluding hydrogens is 290 g/mol. The maximum Gasteiger partial charge on any atom is 0.251 e. The molecule has 5 heteroatoms. The van der Waals surface area contributed by atoms with Crippen LogP contribution < -0.4 is 16.4 Å². The topological polar surface area (TPSA) is 76.4 Å². The van der Waals surface area contributed by atoms with Crippen LogP contribution >= 0.6 is 0 Å². The molecule has 0 radical (unpaired) electrons. The van der Waals surface area contributed by atoms with Crippen LogP contribution in [-0.4, -0.2) is 26.2 Å². The van der Waals surface area contributed by atoms with Crippen molar-refractivity contribution in [2.45, 2.75) is 13.0 Å². The summed E-state index contributed by atoms with van der Waals surface area (Å²) >= 11 is 0. The van der Waals surface area contributed by atoms with Gasteiger partial charge in [0.1, 0.15) is 0 Å². The highest BCUT2D eigenvalue weighted by Gasteiger charge is 2.10. The minimum atomic E-state index is -0.156. The molecule has 0 aliphatic rings. The monoisotopic (exact) mass is 313 g/mol. The van der Waals surface area contributed by atoms with Gasteiger partial charge in [-0.3, -0.25) is 4.79 Å². The zero-order chi connectivity index (χ0) is 16.7. The Morgan fingerprint density at radius 2 is 1.96 bits per heavy atom. The van der Waals surface area contributed by atoms with Crippen LogP contribution in [0.1, 0.15) is 28.9 Å². The third-order valence-corrected chi connectivity index (χ3v) is 3.58. The minimum absolute atomic E-state index is 0.125. The van der Waals surface area contributed by atoms with Crippen LogP contribution in [0.5, 0.6) is 0 Å². The second kappa shape index (κ2) is 8.19. The second-order valence-electron chi connectivity index (χ2n) is 5.33. The van der Waals surface area contributed by atoms with Gasteiger partial charge in [-0.1, -0.05) is 30.3 Å². The number of methoxy groups -OCH3 is 1. The van der Waals surface area contributed by atoms with Crippen LogP contribution in [0.3, 0.4) is 0 Å². The summed E-state index contributed by atoms with van der Waals surface area (Å²) < 4.78 is 4.91. The average Bonchev–Trinajstić information content (AvgIpc) is 2.57. The van der Waals surface area contributed by atoms with Crippen molar-refractivity contribution in [2.24, 2.45) is 0 Å². The molecule has 0 aliphatic heterocycles. The first-order valence-corrected chi connectivity index (χ1v) is 7.60. The molecule has 5 nitrogen and oxygen atoms in total. The average molecular weight is 313 g/mol. The van der Waals surface area contributed by atoms with Gasteiger partial charge in [0, 0.05) is 25.3 Å². The van der Waals surface area contributed by atoms with E-state index in [0.717, 1.165) is 5.69 Å². The summed E-state index contributed by atoms with van der Waals surface area (Å²) in [7, 11) is 1.60. The fourth-order valence-electron chi connectivity index (χ4n) is 2.26. The number of hydrogen-bond donors (Lipinski definition) is 3. The van der Waals surface area contributed by atoms with Crippen molar-refractivity contribution in [1.29, 1.82) is 0 Å². The van der Waals surface area contributed by atoms with Gasteiger partial charge in [0.2, 0.25) is 0 Å². The number of nitrogen functional groups attached to an aromatic ring is 1. The Labute approximate surface area is 136 Å². The van der Waals surface area contributed by atoms with E-state index in [2.05, 4.69) is 29.7 Å². The minimum Gasteiger partial charge on any atom is -0.397 e. The first kappa shape index (κ1) is 16.8. The highest BCUT2D eigenvalue weighted by Crippen LogP contribution is 2.25. The number of nitrogens with one attached hydrogen (secondary N) is 2. The fourth-order valence-corrected chi connectivity index (χ4v) is 2.26. The van der Waals surface area contributed by atoms with E-state index in [0.29, 0.717) is 24.4 Å². The van der Waals surface area contributed by atoms with Crippen molar-refractivity contribution in [3.05, 3.63) is 59.7 Å². The summed E-state index contributed by atoms with van der Waals surface area (Å²) in [5.74, 6) is -0.156. The van der Waals surface area contributed by atoms with Crippen molar-refractivity contribution in [3.8, 4) is 0 Å². The Balaban J connectivity index is 2.03. The predicted molar refractivity (Wildman–Crippen MR) is 93.5 cm³/mol. The number of carbonyl (C=O) groups is 1. The number of carbonyl (C=O) groups excluding carboxylic acids is 1. The molecule has 0 spiro atoms. The van der Waals surface area contributed by atoms with Crippen LogP contribution in [0.15, 0.2) is 48.5 Å². The molecule has 1 amide bonds. The summed E-state index contributed by atoms with van der Waals surface area (Å²) in [6.45, 7) is 3.02. The van der Waals surface area contributed by atoms with Crippen molar-refractivity contribution < 1.29 is 9.53 Å². The largest absolute Gasteiger partial charge is 0.397 e. The molecule has 0 aromatic heterocycles. The highest BCUT2D eigenvalue weighted by atomic mass is 16.5. The summed E-state index contributed by atoms with van der Waals surface area (Å²) in [5.41, 5.74) is 9.15.